The summed E-state index contributed by atoms with van der Waals surface area (Å²) in [5.74, 6) is 0.845. The molecule has 3 aliphatic heterocycles. The van der Waals surface area contributed by atoms with Gasteiger partial charge in [0.2, 0.25) is 0 Å². The Hall–Kier alpha value is -2.78. The number of hydrogen-bond donors (Lipinski definition) is 1. The maximum absolute atomic E-state index is 13.9. The van der Waals surface area contributed by atoms with Gasteiger partial charge in [0.15, 0.2) is 11.6 Å². The summed E-state index contributed by atoms with van der Waals surface area (Å²) in [4.78, 5) is 41.9. The van der Waals surface area contributed by atoms with Crippen LogP contribution in [0.3, 0.4) is 0 Å². The number of carbonyl (C=O) groups excluding carboxylic acids is 2. The first-order valence-corrected chi connectivity index (χ1v) is 18.1. The third-order valence-corrected chi connectivity index (χ3v) is 11.0. The number of pyridine rings is 1. The summed E-state index contributed by atoms with van der Waals surface area (Å²) < 4.78 is 5.45. The van der Waals surface area contributed by atoms with Crippen LogP contribution in [0.1, 0.15) is 105 Å². The summed E-state index contributed by atoms with van der Waals surface area (Å²) in [6.45, 7) is 13.9. The van der Waals surface area contributed by atoms with Crippen molar-refractivity contribution < 1.29 is 19.4 Å². The van der Waals surface area contributed by atoms with E-state index in [2.05, 4.69) is 42.7 Å². The van der Waals surface area contributed by atoms with Gasteiger partial charge in [0.1, 0.15) is 0 Å². The SMILES string of the molecule is CC(C)(C)[C@H]1CCc2nc3c(cc2C1)N=C(C(=O)C[C@H](CCN1CCC(O)CC1)c1cccc(C(=O)CCCN2CCOCC2)c1)C3. The van der Waals surface area contributed by atoms with Gasteiger partial charge in [-0.15, -0.1) is 0 Å². The Morgan fingerprint density at radius 2 is 1.74 bits per heavy atom. The minimum atomic E-state index is -0.213. The number of rotatable bonds is 12. The van der Waals surface area contributed by atoms with Crippen LogP contribution in [0.5, 0.6) is 0 Å². The number of Topliss-reactive ketones (excluding diaryl/α,β-unsaturated/α-hetero) is 2. The molecule has 2 fully saturated rings. The largest absolute Gasteiger partial charge is 0.393 e. The number of aromatic nitrogens is 1. The summed E-state index contributed by atoms with van der Waals surface area (Å²) in [6, 6.07) is 10.2. The fraction of sp³-hybridized carbons (Fsp3) is 0.641. The van der Waals surface area contributed by atoms with Crippen molar-refractivity contribution in [2.24, 2.45) is 16.3 Å². The van der Waals surface area contributed by atoms with Crippen molar-refractivity contribution in [3.05, 3.63) is 58.4 Å². The van der Waals surface area contributed by atoms with Crippen molar-refractivity contribution in [1.82, 2.24) is 14.8 Å². The van der Waals surface area contributed by atoms with Crippen LogP contribution in [0, 0.1) is 11.3 Å². The highest BCUT2D eigenvalue weighted by molar-refractivity contribution is 6.41. The standard InChI is InChI=1S/C39H54N4O4/c1-39(2,3)31-9-10-33-30(23-31)24-34-35(40-33)26-36(41-34)38(46)25-28(11-15-43-16-12-32(44)13-17-43)27-6-4-7-29(22-27)37(45)8-5-14-42-18-20-47-21-19-42/h4,6-7,22,24,28,31-32,44H,5,8-21,23,25-26H2,1-3H3/t28-,31-/m0/s1. The minimum absolute atomic E-state index is 0.0180. The van der Waals surface area contributed by atoms with Gasteiger partial charge in [-0.1, -0.05) is 39.0 Å². The fourth-order valence-electron chi connectivity index (χ4n) is 7.77. The molecule has 1 aromatic carbocycles. The molecule has 1 aromatic heterocycles. The van der Waals surface area contributed by atoms with Gasteiger partial charge in [-0.05, 0) is 98.5 Å². The van der Waals surface area contributed by atoms with Crippen LogP contribution in [0.4, 0.5) is 5.69 Å². The van der Waals surface area contributed by atoms with E-state index in [0.717, 1.165) is 120 Å². The van der Waals surface area contributed by atoms with E-state index in [9.17, 15) is 14.7 Å². The predicted molar refractivity (Wildman–Crippen MR) is 186 cm³/mol. The van der Waals surface area contributed by atoms with Gasteiger partial charge in [0, 0.05) is 56.7 Å². The Morgan fingerprint density at radius 1 is 0.979 bits per heavy atom. The Balaban J connectivity index is 1.14. The van der Waals surface area contributed by atoms with Gasteiger partial charge in [0.05, 0.1) is 36.4 Å². The van der Waals surface area contributed by atoms with E-state index in [0.29, 0.717) is 30.9 Å². The van der Waals surface area contributed by atoms with E-state index < -0.39 is 0 Å². The number of piperidine rings is 1. The molecule has 4 aliphatic rings. The maximum atomic E-state index is 13.9. The second-order valence-corrected chi connectivity index (χ2v) is 15.4. The highest BCUT2D eigenvalue weighted by Crippen LogP contribution is 2.39. The van der Waals surface area contributed by atoms with Crippen LogP contribution >= 0.6 is 0 Å². The van der Waals surface area contributed by atoms with Crippen LogP contribution in [-0.4, -0.2) is 95.8 Å². The molecule has 6 rings (SSSR count). The second kappa shape index (κ2) is 15.2. The lowest BCUT2D eigenvalue weighted by molar-refractivity contribution is -0.113. The summed E-state index contributed by atoms with van der Waals surface area (Å²) in [7, 11) is 0. The van der Waals surface area contributed by atoms with E-state index in [-0.39, 0.29) is 29.0 Å². The number of carbonyl (C=O) groups is 2. The van der Waals surface area contributed by atoms with Gasteiger partial charge in [-0.25, -0.2) is 4.99 Å². The average Bonchev–Trinajstić information content (AvgIpc) is 3.49. The number of ketones is 2. The van der Waals surface area contributed by atoms with Crippen molar-refractivity contribution >= 4 is 23.0 Å². The molecule has 2 aromatic rings. The number of ether oxygens (including phenoxy) is 1. The first kappa shape index (κ1) is 34.1. The summed E-state index contributed by atoms with van der Waals surface area (Å²) in [6.07, 6.45) is 7.58. The van der Waals surface area contributed by atoms with Crippen molar-refractivity contribution in [1.29, 1.82) is 0 Å². The summed E-state index contributed by atoms with van der Waals surface area (Å²) in [5.41, 5.74) is 6.94. The third kappa shape index (κ3) is 8.83. The monoisotopic (exact) mass is 642 g/mol. The molecule has 0 radical (unpaired) electrons. The number of aliphatic imine (C=N–C) groups is 1. The molecule has 2 saturated heterocycles. The van der Waals surface area contributed by atoms with E-state index in [1.165, 1.54) is 11.3 Å². The molecule has 0 saturated carbocycles. The van der Waals surface area contributed by atoms with Gasteiger partial charge in [-0.3, -0.25) is 19.5 Å². The maximum Gasteiger partial charge on any atom is 0.178 e. The lowest BCUT2D eigenvalue weighted by Crippen LogP contribution is -2.37. The van der Waals surface area contributed by atoms with E-state index in [1.54, 1.807) is 0 Å². The average molecular weight is 643 g/mol. The lowest BCUT2D eigenvalue weighted by atomic mass is 9.71. The molecule has 0 unspecified atom stereocenters. The zero-order valence-electron chi connectivity index (χ0n) is 28.8. The van der Waals surface area contributed by atoms with Crippen LogP contribution in [0.2, 0.25) is 0 Å². The zero-order chi connectivity index (χ0) is 33.0. The van der Waals surface area contributed by atoms with Gasteiger partial charge >= 0.3 is 0 Å². The topological polar surface area (TPSA) is 95.3 Å². The Bertz CT molecular complexity index is 1450. The normalized spacial score (nSPS) is 21.6. The van der Waals surface area contributed by atoms with E-state index in [4.69, 9.17) is 14.7 Å². The predicted octanol–water partition coefficient (Wildman–Crippen LogP) is 5.75. The second-order valence-electron chi connectivity index (χ2n) is 15.4. The number of aryl methyl sites for hydroxylation is 1. The molecule has 0 spiro atoms. The molecule has 8 heteroatoms. The number of hydrogen-bond acceptors (Lipinski definition) is 8. The molecule has 2 atom stereocenters. The van der Waals surface area contributed by atoms with Gasteiger partial charge in [0.25, 0.3) is 0 Å². The van der Waals surface area contributed by atoms with Crippen LogP contribution < -0.4 is 0 Å². The molecule has 1 N–H and O–H groups in total. The molecular formula is C39H54N4O4. The first-order valence-electron chi connectivity index (χ1n) is 18.1. The molecule has 1 aliphatic carbocycles. The molecule has 4 heterocycles. The van der Waals surface area contributed by atoms with Crippen molar-refractivity contribution in [2.45, 2.75) is 97.0 Å². The molecule has 47 heavy (non-hydrogen) atoms. The zero-order valence-corrected chi connectivity index (χ0v) is 28.8. The Morgan fingerprint density at radius 3 is 2.51 bits per heavy atom. The molecule has 254 valence electrons. The minimum Gasteiger partial charge on any atom is -0.393 e. The van der Waals surface area contributed by atoms with Crippen molar-refractivity contribution in [3.63, 3.8) is 0 Å². The smallest absolute Gasteiger partial charge is 0.178 e. The molecule has 0 amide bonds. The Labute approximate surface area is 281 Å². The van der Waals surface area contributed by atoms with E-state index in [1.807, 2.05) is 18.2 Å². The van der Waals surface area contributed by atoms with E-state index >= 15 is 0 Å². The van der Waals surface area contributed by atoms with Crippen molar-refractivity contribution in [3.8, 4) is 0 Å². The summed E-state index contributed by atoms with van der Waals surface area (Å²) >= 11 is 0. The van der Waals surface area contributed by atoms with Crippen LogP contribution in [0.15, 0.2) is 35.3 Å². The Kier molecular flexibility index (Phi) is 11.0. The number of aliphatic hydroxyl groups excluding tert-OH is 1. The number of morpholine rings is 1. The molecular weight excluding hydrogens is 588 g/mol. The highest BCUT2D eigenvalue weighted by atomic mass is 16.5. The fourth-order valence-corrected chi connectivity index (χ4v) is 7.77. The molecule has 0 bridgehead atoms. The lowest BCUT2D eigenvalue weighted by Gasteiger charge is -2.34. The quantitative estimate of drug-likeness (QED) is 0.295. The number of likely N-dealkylation sites (tertiary alicyclic amines) is 1. The van der Waals surface area contributed by atoms with Gasteiger partial charge < -0.3 is 14.7 Å². The number of aliphatic hydroxyl groups is 1. The number of fused-ring (bicyclic) bond motifs is 2. The first-order chi connectivity index (χ1) is 22.6. The van der Waals surface area contributed by atoms with Crippen molar-refractivity contribution in [2.75, 3.05) is 52.5 Å². The van der Waals surface area contributed by atoms with Crippen LogP contribution in [0.25, 0.3) is 0 Å². The highest BCUT2D eigenvalue weighted by Gasteiger charge is 2.32. The molecule has 8 nitrogen and oxygen atoms in total. The summed E-state index contributed by atoms with van der Waals surface area (Å²) in [5, 5.41) is 10.0. The third-order valence-electron chi connectivity index (χ3n) is 11.0. The van der Waals surface area contributed by atoms with Crippen LogP contribution in [-0.2, 0) is 28.8 Å². The number of nitrogens with zero attached hydrogens (tertiary/aromatic N) is 4. The number of benzene rings is 1. The van der Waals surface area contributed by atoms with Gasteiger partial charge in [-0.2, -0.15) is 0 Å².